The maximum Gasteiger partial charge on any atom is 0.496 e. The van der Waals surface area contributed by atoms with Crippen molar-refractivity contribution in [3.63, 3.8) is 0 Å². The highest BCUT2D eigenvalue weighted by molar-refractivity contribution is 6.62. The first-order valence-corrected chi connectivity index (χ1v) is 8.43. The van der Waals surface area contributed by atoms with Gasteiger partial charge in [0.2, 0.25) is 0 Å². The molecule has 0 bridgehead atoms. The molecule has 0 spiro atoms. The second-order valence-corrected chi connectivity index (χ2v) is 7.95. The molecule has 1 aromatic rings. The van der Waals surface area contributed by atoms with Gasteiger partial charge in [-0.3, -0.25) is 4.79 Å². The van der Waals surface area contributed by atoms with Gasteiger partial charge in [-0.05, 0) is 52.9 Å². The van der Waals surface area contributed by atoms with Gasteiger partial charge in [0.1, 0.15) is 5.69 Å². The molecule has 2 fully saturated rings. The summed E-state index contributed by atoms with van der Waals surface area (Å²) >= 11 is 0. The van der Waals surface area contributed by atoms with E-state index >= 15 is 0 Å². The third kappa shape index (κ3) is 2.48. The van der Waals surface area contributed by atoms with Crippen molar-refractivity contribution in [2.75, 3.05) is 0 Å². The zero-order chi connectivity index (χ0) is 16.4. The van der Waals surface area contributed by atoms with Crippen molar-refractivity contribution in [3.8, 4) is 0 Å². The first kappa shape index (κ1) is 15.2. The Kier molecular flexibility index (Phi) is 3.16. The van der Waals surface area contributed by atoms with Gasteiger partial charge in [0.25, 0.3) is 5.91 Å². The highest BCUT2D eigenvalue weighted by atomic mass is 16.7. The summed E-state index contributed by atoms with van der Waals surface area (Å²) in [6.45, 7) is 8.76. The van der Waals surface area contributed by atoms with Crippen LogP contribution in [0.5, 0.6) is 0 Å². The molecule has 1 aromatic heterocycles. The molecular formula is C17H23BN2O3. The largest absolute Gasteiger partial charge is 0.496 e. The van der Waals surface area contributed by atoms with Gasteiger partial charge in [0, 0.05) is 23.3 Å². The fraction of sp³-hybridized carbons (Fsp3) is 0.647. The highest BCUT2D eigenvalue weighted by Gasteiger charge is 2.52. The smallest absolute Gasteiger partial charge is 0.399 e. The Morgan fingerprint density at radius 2 is 1.91 bits per heavy atom. The molecule has 0 aromatic carbocycles. The molecule has 23 heavy (non-hydrogen) atoms. The van der Waals surface area contributed by atoms with Crippen molar-refractivity contribution in [1.82, 2.24) is 10.3 Å². The topological polar surface area (TPSA) is 60.5 Å². The number of aromatic nitrogens is 1. The standard InChI is InChI=1S/C17H23BN2O3/c1-16(2)17(3,4)23-18(22-16)12-8-11-9-19-15(21)14(11)20-13(12)7-10-5-6-10/h8,10H,5-7,9H2,1-4H3,(H,19,21). The molecule has 1 saturated carbocycles. The van der Waals surface area contributed by atoms with Crippen LogP contribution in [0.15, 0.2) is 6.07 Å². The number of nitrogens with one attached hydrogen (secondary N) is 1. The molecule has 1 aliphatic carbocycles. The van der Waals surface area contributed by atoms with Crippen molar-refractivity contribution in [1.29, 1.82) is 0 Å². The van der Waals surface area contributed by atoms with Crippen molar-refractivity contribution in [3.05, 3.63) is 23.0 Å². The van der Waals surface area contributed by atoms with Gasteiger partial charge in [0.05, 0.1) is 11.2 Å². The van der Waals surface area contributed by atoms with Crippen molar-refractivity contribution < 1.29 is 14.1 Å². The normalized spacial score (nSPS) is 24.7. The predicted molar refractivity (Wildman–Crippen MR) is 87.6 cm³/mol. The van der Waals surface area contributed by atoms with Crippen LogP contribution >= 0.6 is 0 Å². The zero-order valence-electron chi connectivity index (χ0n) is 14.2. The summed E-state index contributed by atoms with van der Waals surface area (Å²) < 4.78 is 12.4. The van der Waals surface area contributed by atoms with Gasteiger partial charge in [-0.15, -0.1) is 0 Å². The Hall–Kier alpha value is -1.40. The summed E-state index contributed by atoms with van der Waals surface area (Å²) in [6, 6.07) is 2.06. The predicted octanol–water partition coefficient (Wildman–Crippen LogP) is 1.58. The number of carbonyl (C=O) groups is 1. The fourth-order valence-electron chi connectivity index (χ4n) is 3.13. The van der Waals surface area contributed by atoms with Gasteiger partial charge in [0.15, 0.2) is 0 Å². The van der Waals surface area contributed by atoms with E-state index in [-0.39, 0.29) is 17.1 Å². The van der Waals surface area contributed by atoms with E-state index in [0.29, 0.717) is 18.2 Å². The van der Waals surface area contributed by atoms with E-state index in [1.807, 2.05) is 0 Å². The molecule has 122 valence electrons. The molecule has 0 atom stereocenters. The zero-order valence-corrected chi connectivity index (χ0v) is 14.2. The minimum atomic E-state index is -0.415. The summed E-state index contributed by atoms with van der Waals surface area (Å²) in [5.74, 6) is 0.615. The van der Waals surface area contributed by atoms with Crippen molar-refractivity contribution >= 4 is 18.5 Å². The number of rotatable bonds is 3. The third-order valence-electron chi connectivity index (χ3n) is 5.55. The van der Waals surface area contributed by atoms with Crippen molar-refractivity contribution in [2.45, 2.75) is 64.7 Å². The van der Waals surface area contributed by atoms with Crippen LogP contribution in [0.4, 0.5) is 0 Å². The lowest BCUT2D eigenvalue weighted by Gasteiger charge is -2.32. The lowest BCUT2D eigenvalue weighted by atomic mass is 9.76. The number of hydrogen-bond donors (Lipinski definition) is 1. The third-order valence-corrected chi connectivity index (χ3v) is 5.55. The van der Waals surface area contributed by atoms with Crippen LogP contribution in [0.1, 0.15) is 62.3 Å². The van der Waals surface area contributed by atoms with E-state index in [9.17, 15) is 4.79 Å². The molecule has 3 heterocycles. The fourth-order valence-corrected chi connectivity index (χ4v) is 3.13. The molecule has 2 aliphatic heterocycles. The van der Waals surface area contributed by atoms with E-state index in [1.54, 1.807) is 0 Å². The molecule has 0 radical (unpaired) electrons. The number of pyridine rings is 1. The molecule has 3 aliphatic rings. The lowest BCUT2D eigenvalue weighted by molar-refractivity contribution is 0.00578. The first-order chi connectivity index (χ1) is 10.8. The Balaban J connectivity index is 1.74. The number of fused-ring (bicyclic) bond motifs is 1. The van der Waals surface area contributed by atoms with Crippen LogP contribution < -0.4 is 10.8 Å². The van der Waals surface area contributed by atoms with Gasteiger partial charge >= 0.3 is 7.12 Å². The van der Waals surface area contributed by atoms with Gasteiger partial charge in [-0.1, -0.05) is 6.07 Å². The van der Waals surface area contributed by atoms with Crippen LogP contribution in [-0.2, 0) is 22.3 Å². The lowest BCUT2D eigenvalue weighted by Crippen LogP contribution is -2.41. The maximum absolute atomic E-state index is 11.9. The first-order valence-electron chi connectivity index (χ1n) is 8.43. The Bertz CT molecular complexity index is 667. The van der Waals surface area contributed by atoms with Crippen LogP contribution in [0.25, 0.3) is 0 Å². The molecule has 1 N–H and O–H groups in total. The number of nitrogens with zero attached hydrogens (tertiary/aromatic N) is 1. The SMILES string of the molecule is CC1(C)OB(c2cc3c(nc2CC2CC2)C(=O)NC3)OC1(C)C. The molecule has 6 heteroatoms. The monoisotopic (exact) mass is 314 g/mol. The second kappa shape index (κ2) is 4.80. The highest BCUT2D eigenvalue weighted by Crippen LogP contribution is 2.38. The van der Waals surface area contributed by atoms with Crippen LogP contribution in [0, 0.1) is 5.92 Å². The molecule has 4 rings (SSSR count). The van der Waals surface area contributed by atoms with E-state index < -0.39 is 7.12 Å². The van der Waals surface area contributed by atoms with Gasteiger partial charge < -0.3 is 14.6 Å². The molecule has 0 unspecified atom stereocenters. The van der Waals surface area contributed by atoms with Gasteiger partial charge in [-0.2, -0.15) is 0 Å². The van der Waals surface area contributed by atoms with E-state index in [1.165, 1.54) is 12.8 Å². The maximum atomic E-state index is 11.9. The van der Waals surface area contributed by atoms with Crippen LogP contribution in [0.2, 0.25) is 0 Å². The van der Waals surface area contributed by atoms with Crippen LogP contribution in [-0.4, -0.2) is 29.2 Å². The Morgan fingerprint density at radius 1 is 1.26 bits per heavy atom. The second-order valence-electron chi connectivity index (χ2n) is 7.95. The van der Waals surface area contributed by atoms with Crippen molar-refractivity contribution in [2.24, 2.45) is 5.92 Å². The van der Waals surface area contributed by atoms with Gasteiger partial charge in [-0.25, -0.2) is 4.98 Å². The van der Waals surface area contributed by atoms with E-state index in [2.05, 4.69) is 44.1 Å². The number of hydrogen-bond acceptors (Lipinski definition) is 4. The van der Waals surface area contributed by atoms with E-state index in [4.69, 9.17) is 9.31 Å². The number of carbonyl (C=O) groups excluding carboxylic acids is 1. The molecular weight excluding hydrogens is 291 g/mol. The summed E-state index contributed by atoms with van der Waals surface area (Å²) in [7, 11) is -0.415. The minimum Gasteiger partial charge on any atom is -0.399 e. The van der Waals surface area contributed by atoms with Crippen LogP contribution in [0.3, 0.4) is 0 Å². The molecule has 1 amide bonds. The summed E-state index contributed by atoms with van der Waals surface area (Å²) in [6.07, 6.45) is 3.39. The number of amides is 1. The quantitative estimate of drug-likeness (QED) is 0.861. The summed E-state index contributed by atoms with van der Waals surface area (Å²) in [5.41, 5.74) is 2.72. The minimum absolute atomic E-state index is 0.0717. The average Bonchev–Trinajstić information content (AvgIpc) is 3.15. The Labute approximate surface area is 137 Å². The Morgan fingerprint density at radius 3 is 2.52 bits per heavy atom. The van der Waals surface area contributed by atoms with E-state index in [0.717, 1.165) is 23.1 Å². The summed E-state index contributed by atoms with van der Waals surface area (Å²) in [4.78, 5) is 16.6. The molecule has 1 saturated heterocycles. The summed E-state index contributed by atoms with van der Waals surface area (Å²) in [5, 5.41) is 2.85. The molecule has 5 nitrogen and oxygen atoms in total. The average molecular weight is 314 g/mol.